The lowest BCUT2D eigenvalue weighted by molar-refractivity contribution is -0.392. The van der Waals surface area contributed by atoms with Crippen LogP contribution in [0.15, 0.2) is 48.8 Å². The van der Waals surface area contributed by atoms with E-state index in [1.807, 2.05) is 24.3 Å². The molecule has 1 N–H and O–H groups in total. The first-order valence-electron chi connectivity index (χ1n) is 10.9. The monoisotopic (exact) mass is 492 g/mol. The van der Waals surface area contributed by atoms with Gasteiger partial charge in [-0.05, 0) is 34.8 Å². The van der Waals surface area contributed by atoms with E-state index in [1.165, 1.54) is 25.9 Å². The molecule has 0 spiro atoms. The highest BCUT2D eigenvalue weighted by atomic mass is 16.6. The van der Waals surface area contributed by atoms with Crippen molar-refractivity contribution in [2.24, 2.45) is 0 Å². The quantitative estimate of drug-likeness (QED) is 0.197. The first-order chi connectivity index (χ1) is 17.5. The number of nitro groups is 1. The van der Waals surface area contributed by atoms with Gasteiger partial charge in [0.25, 0.3) is 0 Å². The standard InChI is InChI=1S/C25H24N4O7/c1-33-20-12-16(13-21(34-2)24(20)35-3)8-9-22-27-15-23(29(31)32)28(22)10-11-36-25(30)18-14-26-19-7-5-4-6-17(18)19/h4-9,12-15,26H,10-11H2,1-3H3/b9-8+. The molecule has 4 aromatic rings. The third kappa shape index (κ3) is 4.85. The molecule has 0 aliphatic heterocycles. The number of H-pyrrole nitrogens is 1. The minimum Gasteiger partial charge on any atom is -0.493 e. The van der Waals surface area contributed by atoms with Crippen LogP contribution in [0.2, 0.25) is 0 Å². The van der Waals surface area contributed by atoms with E-state index in [0.717, 1.165) is 17.1 Å². The summed E-state index contributed by atoms with van der Waals surface area (Å²) in [5.41, 5.74) is 1.91. The second-order valence-electron chi connectivity index (χ2n) is 7.56. The van der Waals surface area contributed by atoms with E-state index >= 15 is 0 Å². The van der Waals surface area contributed by atoms with Gasteiger partial charge in [-0.1, -0.05) is 18.2 Å². The van der Waals surface area contributed by atoms with Crippen molar-refractivity contribution in [2.75, 3.05) is 27.9 Å². The van der Waals surface area contributed by atoms with Crippen molar-refractivity contribution >= 4 is 34.8 Å². The topological polar surface area (TPSA) is 131 Å². The van der Waals surface area contributed by atoms with Gasteiger partial charge in [-0.25, -0.2) is 14.3 Å². The summed E-state index contributed by atoms with van der Waals surface area (Å²) in [5, 5.41) is 12.3. The summed E-state index contributed by atoms with van der Waals surface area (Å²) >= 11 is 0. The number of aromatic amines is 1. The van der Waals surface area contributed by atoms with E-state index in [-0.39, 0.29) is 19.0 Å². The van der Waals surface area contributed by atoms with E-state index in [2.05, 4.69) is 9.97 Å². The Bertz CT molecular complexity index is 1410. The van der Waals surface area contributed by atoms with E-state index < -0.39 is 10.9 Å². The van der Waals surface area contributed by atoms with E-state index in [9.17, 15) is 14.9 Å². The largest absolute Gasteiger partial charge is 0.493 e. The lowest BCUT2D eigenvalue weighted by Crippen LogP contribution is -2.13. The maximum atomic E-state index is 12.6. The van der Waals surface area contributed by atoms with Crippen LogP contribution >= 0.6 is 0 Å². The summed E-state index contributed by atoms with van der Waals surface area (Å²) < 4.78 is 22.8. The number of nitrogens with one attached hydrogen (secondary N) is 1. The third-order valence-corrected chi connectivity index (χ3v) is 5.52. The normalized spacial score (nSPS) is 11.1. The summed E-state index contributed by atoms with van der Waals surface area (Å²) in [6.07, 6.45) is 6.08. The first kappa shape index (κ1) is 24.3. The van der Waals surface area contributed by atoms with Crippen LogP contribution in [0.3, 0.4) is 0 Å². The van der Waals surface area contributed by atoms with Crippen LogP contribution in [0.1, 0.15) is 21.7 Å². The molecule has 0 fully saturated rings. The number of benzene rings is 2. The first-order valence-corrected chi connectivity index (χ1v) is 10.9. The number of nitrogens with zero attached hydrogens (tertiary/aromatic N) is 3. The Morgan fingerprint density at radius 1 is 1.11 bits per heavy atom. The summed E-state index contributed by atoms with van der Waals surface area (Å²) in [6, 6.07) is 10.8. The second kappa shape index (κ2) is 10.6. The number of hydrogen-bond donors (Lipinski definition) is 1. The number of para-hydroxylation sites is 1. The van der Waals surface area contributed by atoms with Gasteiger partial charge in [-0.15, -0.1) is 0 Å². The number of aromatic nitrogens is 3. The number of carbonyl (C=O) groups excluding carboxylic acids is 1. The van der Waals surface area contributed by atoms with Gasteiger partial charge in [0.05, 0.1) is 26.9 Å². The molecule has 2 heterocycles. The van der Waals surface area contributed by atoms with Gasteiger partial charge < -0.3 is 34.0 Å². The van der Waals surface area contributed by atoms with Crippen molar-refractivity contribution in [3.63, 3.8) is 0 Å². The van der Waals surface area contributed by atoms with Gasteiger partial charge in [0.1, 0.15) is 19.3 Å². The number of imidazole rings is 1. The Hall–Kier alpha value is -4.80. The molecule has 0 aliphatic rings. The van der Waals surface area contributed by atoms with Crippen LogP contribution in [0.4, 0.5) is 5.82 Å². The Morgan fingerprint density at radius 2 is 1.83 bits per heavy atom. The maximum Gasteiger partial charge on any atom is 0.343 e. The van der Waals surface area contributed by atoms with E-state index in [1.54, 1.807) is 30.5 Å². The molecular weight excluding hydrogens is 468 g/mol. The molecule has 0 saturated carbocycles. The fourth-order valence-electron chi connectivity index (χ4n) is 3.80. The number of carbonyl (C=O) groups is 1. The lowest BCUT2D eigenvalue weighted by atomic mass is 10.1. The van der Waals surface area contributed by atoms with E-state index in [4.69, 9.17) is 18.9 Å². The van der Waals surface area contributed by atoms with Crippen LogP contribution < -0.4 is 14.2 Å². The SMILES string of the molecule is COc1cc(/C=C/c2ncc([N+](=O)[O-])n2CCOC(=O)c2c[nH]c3ccccc23)cc(OC)c1OC. The van der Waals surface area contributed by atoms with Gasteiger partial charge >= 0.3 is 11.8 Å². The molecule has 0 radical (unpaired) electrons. The predicted octanol–water partition coefficient (Wildman–Crippen LogP) is 4.33. The van der Waals surface area contributed by atoms with Gasteiger partial charge in [0.15, 0.2) is 11.5 Å². The zero-order chi connectivity index (χ0) is 25.7. The summed E-state index contributed by atoms with van der Waals surface area (Å²) in [4.78, 5) is 30.8. The van der Waals surface area contributed by atoms with E-state index in [0.29, 0.717) is 34.2 Å². The average molecular weight is 492 g/mol. The molecule has 0 saturated heterocycles. The molecular formula is C25H24N4O7. The molecule has 0 bridgehead atoms. The number of methoxy groups -OCH3 is 3. The maximum absolute atomic E-state index is 12.6. The Balaban J connectivity index is 1.53. The zero-order valence-corrected chi connectivity index (χ0v) is 19.9. The molecule has 0 aliphatic carbocycles. The molecule has 11 nitrogen and oxygen atoms in total. The Kier molecular flexibility index (Phi) is 7.19. The van der Waals surface area contributed by atoms with Crippen molar-refractivity contribution in [1.29, 1.82) is 0 Å². The molecule has 11 heteroatoms. The number of esters is 1. The van der Waals surface area contributed by atoms with Gasteiger partial charge in [0.2, 0.25) is 11.6 Å². The third-order valence-electron chi connectivity index (χ3n) is 5.52. The zero-order valence-electron chi connectivity index (χ0n) is 19.9. The molecule has 0 unspecified atom stereocenters. The van der Waals surface area contributed by atoms with Crippen molar-refractivity contribution in [1.82, 2.24) is 14.5 Å². The highest BCUT2D eigenvalue weighted by Gasteiger charge is 2.20. The summed E-state index contributed by atoms with van der Waals surface area (Å²) in [7, 11) is 4.54. The van der Waals surface area contributed by atoms with Gasteiger partial charge in [-0.3, -0.25) is 0 Å². The number of rotatable bonds is 10. The van der Waals surface area contributed by atoms with Crippen molar-refractivity contribution in [3.05, 3.63) is 75.9 Å². The molecule has 2 aromatic carbocycles. The highest BCUT2D eigenvalue weighted by molar-refractivity contribution is 6.04. The van der Waals surface area contributed by atoms with Crippen molar-refractivity contribution < 1.29 is 28.7 Å². The minimum atomic E-state index is -0.536. The lowest BCUT2D eigenvalue weighted by Gasteiger charge is -2.12. The summed E-state index contributed by atoms with van der Waals surface area (Å²) in [6.45, 7) is -0.0418. The average Bonchev–Trinajstić information content (AvgIpc) is 3.51. The summed E-state index contributed by atoms with van der Waals surface area (Å²) in [5.74, 6) is 0.961. The minimum absolute atomic E-state index is 0.0410. The Labute approximate surface area is 206 Å². The molecule has 4 rings (SSSR count). The molecule has 36 heavy (non-hydrogen) atoms. The van der Waals surface area contributed by atoms with Crippen LogP contribution in [0.5, 0.6) is 17.2 Å². The van der Waals surface area contributed by atoms with Crippen LogP contribution in [-0.4, -0.2) is 53.4 Å². The number of fused-ring (bicyclic) bond motifs is 1. The molecule has 186 valence electrons. The Morgan fingerprint density at radius 3 is 2.50 bits per heavy atom. The molecule has 0 atom stereocenters. The smallest absolute Gasteiger partial charge is 0.343 e. The highest BCUT2D eigenvalue weighted by Crippen LogP contribution is 2.38. The number of ether oxygens (including phenoxy) is 4. The second-order valence-corrected chi connectivity index (χ2v) is 7.56. The number of hydrogen-bond acceptors (Lipinski definition) is 8. The van der Waals surface area contributed by atoms with Crippen LogP contribution in [0.25, 0.3) is 23.1 Å². The van der Waals surface area contributed by atoms with Crippen LogP contribution in [0, 0.1) is 10.1 Å². The molecule has 0 amide bonds. The van der Waals surface area contributed by atoms with Crippen molar-refractivity contribution in [2.45, 2.75) is 6.54 Å². The van der Waals surface area contributed by atoms with Crippen LogP contribution in [-0.2, 0) is 11.3 Å². The van der Waals surface area contributed by atoms with Crippen molar-refractivity contribution in [3.8, 4) is 17.2 Å². The fraction of sp³-hybridized carbons (Fsp3) is 0.200. The van der Waals surface area contributed by atoms with Gasteiger partial charge in [-0.2, -0.15) is 0 Å². The molecule has 2 aromatic heterocycles. The fourth-order valence-corrected chi connectivity index (χ4v) is 3.80. The van der Waals surface area contributed by atoms with Gasteiger partial charge in [0, 0.05) is 23.2 Å². The predicted molar refractivity (Wildman–Crippen MR) is 132 cm³/mol.